The van der Waals surface area contributed by atoms with Gasteiger partial charge in [0.05, 0.1) is 0 Å². The summed E-state index contributed by atoms with van der Waals surface area (Å²) < 4.78 is 24.8. The van der Waals surface area contributed by atoms with Gasteiger partial charge in [-0.15, -0.1) is 6.42 Å². The summed E-state index contributed by atoms with van der Waals surface area (Å²) >= 11 is 0. The molecule has 0 aromatic heterocycles. The summed E-state index contributed by atoms with van der Waals surface area (Å²) in [5.74, 6) is 2.22. The second kappa shape index (κ2) is 2.78. The molecule has 0 aromatic carbocycles. The summed E-state index contributed by atoms with van der Waals surface area (Å²) in [4.78, 5) is 1.84. The van der Waals surface area contributed by atoms with Gasteiger partial charge in [0.25, 0.3) is 6.43 Å². The lowest BCUT2D eigenvalue weighted by atomic mass is 9.89. The highest BCUT2D eigenvalue weighted by Crippen LogP contribution is 2.34. The molecule has 1 aliphatic heterocycles. The van der Waals surface area contributed by atoms with Crippen molar-refractivity contribution in [3.05, 3.63) is 0 Å². The van der Waals surface area contributed by atoms with Crippen LogP contribution < -0.4 is 0 Å². The summed E-state index contributed by atoms with van der Waals surface area (Å²) in [6.07, 6.45) is 3.10. The van der Waals surface area contributed by atoms with E-state index in [1.54, 1.807) is 0 Å². The Morgan fingerprint density at radius 1 is 1.64 bits per heavy atom. The number of terminal acetylenes is 1. The molecule has 0 bridgehead atoms. The zero-order valence-corrected chi connectivity index (χ0v) is 6.48. The van der Waals surface area contributed by atoms with Crippen LogP contribution in [0.4, 0.5) is 8.78 Å². The highest BCUT2D eigenvalue weighted by Gasteiger charge is 2.43. The van der Waals surface area contributed by atoms with Gasteiger partial charge in [-0.2, -0.15) is 0 Å². The number of hydrogen-bond acceptors (Lipinski definition) is 1. The van der Waals surface area contributed by atoms with E-state index in [1.807, 2.05) is 11.9 Å². The zero-order valence-electron chi connectivity index (χ0n) is 6.48. The molecule has 0 spiro atoms. The van der Waals surface area contributed by atoms with Crippen LogP contribution in [-0.4, -0.2) is 31.5 Å². The van der Waals surface area contributed by atoms with Gasteiger partial charge in [-0.05, 0) is 20.0 Å². The van der Waals surface area contributed by atoms with Crippen LogP contribution in [0, 0.1) is 17.8 Å². The van der Waals surface area contributed by atoms with Crippen molar-refractivity contribution in [2.24, 2.45) is 5.41 Å². The molecule has 1 aliphatic rings. The molecule has 0 amide bonds. The number of alkyl halides is 2. The van der Waals surface area contributed by atoms with Crippen molar-refractivity contribution in [1.29, 1.82) is 0 Å². The zero-order chi connectivity index (χ0) is 8.48. The van der Waals surface area contributed by atoms with E-state index in [4.69, 9.17) is 6.42 Å². The Morgan fingerprint density at radius 2 is 2.27 bits per heavy atom. The predicted molar refractivity (Wildman–Crippen MR) is 39.4 cm³/mol. The molecule has 0 aromatic rings. The summed E-state index contributed by atoms with van der Waals surface area (Å²) in [7, 11) is 1.81. The molecule has 0 saturated carbocycles. The minimum absolute atomic E-state index is 0.321. The highest BCUT2D eigenvalue weighted by molar-refractivity contribution is 5.11. The number of hydrogen-bond donors (Lipinski definition) is 0. The van der Waals surface area contributed by atoms with Gasteiger partial charge in [0.1, 0.15) is 5.41 Å². The minimum Gasteiger partial charge on any atom is -0.305 e. The second-order valence-corrected chi connectivity index (χ2v) is 3.09. The van der Waals surface area contributed by atoms with Gasteiger partial charge in [0.15, 0.2) is 0 Å². The monoisotopic (exact) mass is 159 g/mol. The maximum Gasteiger partial charge on any atom is 0.256 e. The van der Waals surface area contributed by atoms with Crippen LogP contribution in [0.3, 0.4) is 0 Å². The smallest absolute Gasteiger partial charge is 0.256 e. The number of halogens is 2. The van der Waals surface area contributed by atoms with Crippen LogP contribution >= 0.6 is 0 Å². The van der Waals surface area contributed by atoms with Crippen molar-refractivity contribution in [2.45, 2.75) is 12.8 Å². The van der Waals surface area contributed by atoms with Crippen LogP contribution in [0.25, 0.3) is 0 Å². The van der Waals surface area contributed by atoms with Gasteiger partial charge in [-0.1, -0.05) is 5.92 Å². The fourth-order valence-corrected chi connectivity index (χ4v) is 1.39. The molecule has 1 atom stereocenters. The topological polar surface area (TPSA) is 3.24 Å². The van der Waals surface area contributed by atoms with Crippen molar-refractivity contribution in [1.82, 2.24) is 4.90 Å². The molecule has 0 radical (unpaired) electrons. The van der Waals surface area contributed by atoms with Gasteiger partial charge in [0.2, 0.25) is 0 Å². The number of nitrogens with zero attached hydrogens (tertiary/aromatic N) is 1. The third-order valence-electron chi connectivity index (χ3n) is 2.20. The molecule has 11 heavy (non-hydrogen) atoms. The van der Waals surface area contributed by atoms with E-state index in [0.29, 0.717) is 19.5 Å². The predicted octanol–water partition coefficient (Wildman–Crippen LogP) is 1.21. The summed E-state index contributed by atoms with van der Waals surface area (Å²) in [5.41, 5.74) is -1.17. The van der Waals surface area contributed by atoms with Gasteiger partial charge >= 0.3 is 0 Å². The Hall–Kier alpha value is -0.620. The van der Waals surface area contributed by atoms with Crippen molar-refractivity contribution >= 4 is 0 Å². The molecule has 1 rings (SSSR count). The van der Waals surface area contributed by atoms with E-state index in [9.17, 15) is 8.78 Å². The average Bonchev–Trinajstić information content (AvgIpc) is 2.33. The van der Waals surface area contributed by atoms with Crippen molar-refractivity contribution in [2.75, 3.05) is 20.1 Å². The van der Waals surface area contributed by atoms with Crippen LogP contribution in [0.1, 0.15) is 6.42 Å². The highest BCUT2D eigenvalue weighted by atomic mass is 19.3. The van der Waals surface area contributed by atoms with Gasteiger partial charge in [-0.25, -0.2) is 8.78 Å². The lowest BCUT2D eigenvalue weighted by molar-refractivity contribution is 0.0411. The first-order chi connectivity index (χ1) is 5.10. The van der Waals surface area contributed by atoms with E-state index in [0.717, 1.165) is 0 Å². The van der Waals surface area contributed by atoms with Gasteiger partial charge in [-0.3, -0.25) is 0 Å². The second-order valence-electron chi connectivity index (χ2n) is 3.09. The van der Waals surface area contributed by atoms with E-state index < -0.39 is 11.8 Å². The fourth-order valence-electron chi connectivity index (χ4n) is 1.39. The number of likely N-dealkylation sites (tertiary alicyclic amines) is 1. The number of rotatable bonds is 1. The van der Waals surface area contributed by atoms with E-state index in [2.05, 4.69) is 5.92 Å². The maximum absolute atomic E-state index is 12.4. The Balaban J connectivity index is 2.73. The first kappa shape index (κ1) is 8.48. The Kier molecular flexibility index (Phi) is 2.15. The van der Waals surface area contributed by atoms with Crippen LogP contribution in [0.5, 0.6) is 0 Å². The van der Waals surface area contributed by atoms with Crippen LogP contribution in [0.15, 0.2) is 0 Å². The van der Waals surface area contributed by atoms with Gasteiger partial charge in [0, 0.05) is 6.54 Å². The van der Waals surface area contributed by atoms with Crippen molar-refractivity contribution in [3.8, 4) is 12.3 Å². The molecule has 0 N–H and O–H groups in total. The molecule has 1 nitrogen and oxygen atoms in total. The average molecular weight is 159 g/mol. The van der Waals surface area contributed by atoms with Gasteiger partial charge < -0.3 is 4.90 Å². The van der Waals surface area contributed by atoms with E-state index >= 15 is 0 Å². The third kappa shape index (κ3) is 1.36. The first-order valence-electron chi connectivity index (χ1n) is 3.55. The standard InChI is InChI=1S/C8H11F2N/c1-3-8(7(9)10)4-5-11(2)6-8/h1,7H,4-6H2,2H3. The SMILES string of the molecule is C#CC1(C(F)F)CCN(C)C1. The van der Waals surface area contributed by atoms with Crippen molar-refractivity contribution < 1.29 is 8.78 Å². The summed E-state index contributed by atoms with van der Waals surface area (Å²) in [6, 6.07) is 0. The van der Waals surface area contributed by atoms with E-state index in [-0.39, 0.29) is 0 Å². The Labute approximate surface area is 65.4 Å². The Morgan fingerprint density at radius 3 is 2.45 bits per heavy atom. The third-order valence-corrected chi connectivity index (χ3v) is 2.20. The summed E-state index contributed by atoms with van der Waals surface area (Å²) in [6.45, 7) is 0.996. The molecule has 1 unspecified atom stereocenters. The fraction of sp³-hybridized carbons (Fsp3) is 0.750. The normalized spacial score (nSPS) is 32.6. The lowest BCUT2D eigenvalue weighted by Crippen LogP contribution is -2.30. The van der Waals surface area contributed by atoms with Crippen LogP contribution in [-0.2, 0) is 0 Å². The molecule has 1 saturated heterocycles. The molecule has 1 heterocycles. The molecular formula is C8H11F2N. The first-order valence-corrected chi connectivity index (χ1v) is 3.55. The van der Waals surface area contributed by atoms with Crippen LogP contribution in [0.2, 0.25) is 0 Å². The largest absolute Gasteiger partial charge is 0.305 e. The summed E-state index contributed by atoms with van der Waals surface area (Å²) in [5, 5.41) is 0. The van der Waals surface area contributed by atoms with Crippen molar-refractivity contribution in [3.63, 3.8) is 0 Å². The quantitative estimate of drug-likeness (QED) is 0.520. The van der Waals surface area contributed by atoms with E-state index in [1.165, 1.54) is 0 Å². The maximum atomic E-state index is 12.4. The Bertz CT molecular complexity index is 185. The molecule has 1 fully saturated rings. The minimum atomic E-state index is -2.39. The molecule has 3 heteroatoms. The molecule has 62 valence electrons. The lowest BCUT2D eigenvalue weighted by Gasteiger charge is -2.20. The molecular weight excluding hydrogens is 148 g/mol. The molecule has 0 aliphatic carbocycles.